The number of rotatable bonds is 6. The fourth-order valence-corrected chi connectivity index (χ4v) is 1.97. The number of ether oxygens (including phenoxy) is 1. The van der Waals surface area contributed by atoms with Crippen LogP contribution in [0.5, 0.6) is 0 Å². The summed E-state index contributed by atoms with van der Waals surface area (Å²) in [5.41, 5.74) is 4.80. The zero-order valence-electron chi connectivity index (χ0n) is 11.4. The molecule has 0 saturated heterocycles. The van der Waals surface area contributed by atoms with Crippen LogP contribution in [0.2, 0.25) is 0 Å². The summed E-state index contributed by atoms with van der Waals surface area (Å²) in [4.78, 5) is 29.9. The van der Waals surface area contributed by atoms with E-state index in [4.69, 9.17) is 14.9 Å². The molecule has 0 atom stereocenters. The fraction of sp³-hybridized carbons (Fsp3) is 0.308. The predicted molar refractivity (Wildman–Crippen MR) is 77.2 cm³/mol. The van der Waals surface area contributed by atoms with Crippen molar-refractivity contribution in [1.82, 2.24) is 9.97 Å². The minimum atomic E-state index is -0.706. The Labute approximate surface area is 124 Å². The highest BCUT2D eigenvalue weighted by Gasteiger charge is 2.13. The van der Waals surface area contributed by atoms with Gasteiger partial charge in [0.15, 0.2) is 5.16 Å². The van der Waals surface area contributed by atoms with E-state index in [0.717, 1.165) is 0 Å². The number of H-pyrrole nitrogens is 1. The van der Waals surface area contributed by atoms with Gasteiger partial charge in [0, 0.05) is 12.6 Å². The molecular weight excluding hydrogens is 294 g/mol. The summed E-state index contributed by atoms with van der Waals surface area (Å²) in [5, 5.41) is 0.446. The zero-order chi connectivity index (χ0) is 15.2. The van der Waals surface area contributed by atoms with E-state index in [1.807, 2.05) is 0 Å². The number of thioether (sulfide) groups is 1. The standard InChI is InChI=1S/C13H15N3O4S/c1-21-13-15-7-10(11(17)16-13)12(18)19-5-4-8-2-3-9(6-14)20-8/h2-3,7H,4-6,14H2,1H3,(H,15,16,17). The number of aromatic amines is 1. The number of hydrogen-bond donors (Lipinski definition) is 2. The van der Waals surface area contributed by atoms with E-state index in [2.05, 4.69) is 9.97 Å². The molecule has 0 saturated carbocycles. The van der Waals surface area contributed by atoms with Crippen LogP contribution in [0, 0.1) is 0 Å². The molecular formula is C13H15N3O4S. The number of nitrogens with zero attached hydrogens (tertiary/aromatic N) is 1. The minimum absolute atomic E-state index is 0.111. The number of nitrogens with two attached hydrogens (primary N) is 1. The van der Waals surface area contributed by atoms with Crippen LogP contribution in [0.4, 0.5) is 0 Å². The van der Waals surface area contributed by atoms with Crippen molar-refractivity contribution >= 4 is 17.7 Å². The molecule has 21 heavy (non-hydrogen) atoms. The maximum Gasteiger partial charge on any atom is 0.345 e. The third-order valence-corrected chi connectivity index (χ3v) is 3.28. The lowest BCUT2D eigenvalue weighted by atomic mass is 10.3. The van der Waals surface area contributed by atoms with Crippen LogP contribution in [0.3, 0.4) is 0 Å². The van der Waals surface area contributed by atoms with Gasteiger partial charge in [0.05, 0.1) is 13.2 Å². The first-order valence-corrected chi connectivity index (χ1v) is 7.44. The molecule has 0 aromatic carbocycles. The van der Waals surface area contributed by atoms with Gasteiger partial charge in [-0.05, 0) is 18.4 Å². The molecule has 0 amide bonds. The number of carbonyl (C=O) groups excluding carboxylic acids is 1. The number of nitrogens with one attached hydrogen (secondary N) is 1. The van der Waals surface area contributed by atoms with Crippen molar-refractivity contribution in [1.29, 1.82) is 0 Å². The topological polar surface area (TPSA) is 111 Å². The Kier molecular flexibility index (Phi) is 5.18. The van der Waals surface area contributed by atoms with Gasteiger partial charge < -0.3 is 19.9 Å². The second-order valence-electron chi connectivity index (χ2n) is 4.09. The summed E-state index contributed by atoms with van der Waals surface area (Å²) < 4.78 is 10.4. The molecule has 0 radical (unpaired) electrons. The molecule has 2 heterocycles. The van der Waals surface area contributed by atoms with Gasteiger partial charge in [0.2, 0.25) is 0 Å². The Morgan fingerprint density at radius 3 is 2.86 bits per heavy atom. The highest BCUT2D eigenvalue weighted by Crippen LogP contribution is 2.08. The molecule has 7 nitrogen and oxygen atoms in total. The van der Waals surface area contributed by atoms with Crippen molar-refractivity contribution in [3.8, 4) is 0 Å². The van der Waals surface area contributed by atoms with Gasteiger partial charge >= 0.3 is 5.97 Å². The Morgan fingerprint density at radius 1 is 1.48 bits per heavy atom. The lowest BCUT2D eigenvalue weighted by Gasteiger charge is -2.03. The second-order valence-corrected chi connectivity index (χ2v) is 4.89. The highest BCUT2D eigenvalue weighted by atomic mass is 32.2. The molecule has 3 N–H and O–H groups in total. The molecule has 0 aliphatic carbocycles. The summed E-state index contributed by atoms with van der Waals surface area (Å²) in [6.45, 7) is 0.433. The van der Waals surface area contributed by atoms with Gasteiger partial charge in [-0.3, -0.25) is 4.79 Å². The minimum Gasteiger partial charge on any atom is -0.465 e. The Hall–Kier alpha value is -2.06. The zero-order valence-corrected chi connectivity index (χ0v) is 12.2. The van der Waals surface area contributed by atoms with Crippen LogP contribution in [-0.2, 0) is 17.7 Å². The molecule has 2 rings (SSSR count). The van der Waals surface area contributed by atoms with Gasteiger partial charge in [-0.1, -0.05) is 11.8 Å². The number of furan rings is 1. The molecule has 0 fully saturated rings. The quantitative estimate of drug-likeness (QED) is 0.464. The molecule has 0 spiro atoms. The Balaban J connectivity index is 1.91. The number of aromatic nitrogens is 2. The summed E-state index contributed by atoms with van der Waals surface area (Å²) in [7, 11) is 0. The molecule has 8 heteroatoms. The maximum atomic E-state index is 11.8. The van der Waals surface area contributed by atoms with Crippen LogP contribution < -0.4 is 11.3 Å². The van der Waals surface area contributed by atoms with E-state index in [0.29, 0.717) is 29.6 Å². The van der Waals surface area contributed by atoms with Gasteiger partial charge in [0.1, 0.15) is 17.1 Å². The number of carbonyl (C=O) groups is 1. The SMILES string of the molecule is CSc1ncc(C(=O)OCCc2ccc(CN)o2)c(=O)[nH]1. The fourth-order valence-electron chi connectivity index (χ4n) is 1.62. The lowest BCUT2D eigenvalue weighted by Crippen LogP contribution is -2.21. The number of hydrogen-bond acceptors (Lipinski definition) is 7. The van der Waals surface area contributed by atoms with E-state index in [1.165, 1.54) is 18.0 Å². The van der Waals surface area contributed by atoms with Crippen LogP contribution in [0.15, 0.2) is 32.7 Å². The van der Waals surface area contributed by atoms with Gasteiger partial charge in [-0.25, -0.2) is 9.78 Å². The van der Waals surface area contributed by atoms with E-state index in [1.54, 1.807) is 18.4 Å². The van der Waals surface area contributed by atoms with Crippen LogP contribution >= 0.6 is 11.8 Å². The van der Waals surface area contributed by atoms with Crippen molar-refractivity contribution in [3.05, 3.63) is 45.8 Å². The summed E-state index contributed by atoms with van der Waals surface area (Å²) in [6, 6.07) is 3.55. The first kappa shape index (κ1) is 15.3. The Morgan fingerprint density at radius 2 is 2.24 bits per heavy atom. The van der Waals surface area contributed by atoms with Gasteiger partial charge in [-0.15, -0.1) is 0 Å². The number of esters is 1. The molecule has 2 aromatic heterocycles. The lowest BCUT2D eigenvalue weighted by molar-refractivity contribution is 0.0501. The summed E-state index contributed by atoms with van der Waals surface area (Å²) >= 11 is 1.28. The monoisotopic (exact) mass is 309 g/mol. The molecule has 112 valence electrons. The predicted octanol–water partition coefficient (Wildman–Crippen LogP) is 0.943. The third-order valence-electron chi connectivity index (χ3n) is 2.69. The smallest absolute Gasteiger partial charge is 0.345 e. The summed E-state index contributed by atoms with van der Waals surface area (Å²) in [6.07, 6.45) is 3.40. The van der Waals surface area contributed by atoms with E-state index >= 15 is 0 Å². The van der Waals surface area contributed by atoms with Crippen molar-refractivity contribution in [2.45, 2.75) is 18.1 Å². The molecule has 2 aromatic rings. The summed E-state index contributed by atoms with van der Waals surface area (Å²) in [5.74, 6) is 0.639. The third kappa shape index (κ3) is 3.96. The van der Waals surface area contributed by atoms with Crippen LogP contribution in [0.1, 0.15) is 21.9 Å². The average molecular weight is 309 g/mol. The first-order chi connectivity index (χ1) is 10.1. The van der Waals surface area contributed by atoms with E-state index in [9.17, 15) is 9.59 Å². The van der Waals surface area contributed by atoms with Crippen molar-refractivity contribution in [3.63, 3.8) is 0 Å². The maximum absolute atomic E-state index is 11.8. The van der Waals surface area contributed by atoms with Crippen LogP contribution in [-0.4, -0.2) is 28.8 Å². The normalized spacial score (nSPS) is 10.6. The second kappa shape index (κ2) is 7.09. The molecule has 0 unspecified atom stereocenters. The highest BCUT2D eigenvalue weighted by molar-refractivity contribution is 7.98. The van der Waals surface area contributed by atoms with Crippen LogP contribution in [0.25, 0.3) is 0 Å². The Bertz CT molecular complexity index is 680. The average Bonchev–Trinajstić information content (AvgIpc) is 2.94. The van der Waals surface area contributed by atoms with E-state index in [-0.39, 0.29) is 12.2 Å². The first-order valence-electron chi connectivity index (χ1n) is 6.22. The molecule has 0 bridgehead atoms. The van der Waals surface area contributed by atoms with Crippen molar-refractivity contribution in [2.75, 3.05) is 12.9 Å². The van der Waals surface area contributed by atoms with Gasteiger partial charge in [-0.2, -0.15) is 0 Å². The largest absolute Gasteiger partial charge is 0.465 e. The van der Waals surface area contributed by atoms with Crippen molar-refractivity contribution in [2.24, 2.45) is 5.73 Å². The van der Waals surface area contributed by atoms with Gasteiger partial charge in [0.25, 0.3) is 5.56 Å². The molecule has 0 aliphatic rings. The van der Waals surface area contributed by atoms with Crippen molar-refractivity contribution < 1.29 is 13.9 Å². The van der Waals surface area contributed by atoms with E-state index < -0.39 is 11.5 Å². The molecule has 0 aliphatic heterocycles.